The Morgan fingerprint density at radius 2 is 2.11 bits per heavy atom. The molecule has 2 aliphatic rings. The van der Waals surface area contributed by atoms with Gasteiger partial charge < -0.3 is 30.5 Å². The first-order valence-corrected chi connectivity index (χ1v) is 12.3. The molecule has 1 unspecified atom stereocenters. The monoisotopic (exact) mass is 527 g/mol. The van der Waals surface area contributed by atoms with Crippen LogP contribution in [-0.4, -0.2) is 82.2 Å². The first-order chi connectivity index (χ1) is 16.7. The van der Waals surface area contributed by atoms with E-state index in [0.717, 1.165) is 11.3 Å². The number of hydrogen-bond acceptors (Lipinski definition) is 13. The Morgan fingerprint density at radius 1 is 1.37 bits per heavy atom. The molecule has 15 heteroatoms. The first-order valence-electron chi connectivity index (χ1n) is 10.4. The number of fused-ring (bicyclic) bond motifs is 1. The van der Waals surface area contributed by atoms with E-state index in [2.05, 4.69) is 15.5 Å². The van der Waals surface area contributed by atoms with Crippen molar-refractivity contribution in [2.45, 2.75) is 31.7 Å². The summed E-state index contributed by atoms with van der Waals surface area (Å²) in [6, 6.07) is -0.990. The average Bonchev–Trinajstić information content (AvgIpc) is 3.22. The summed E-state index contributed by atoms with van der Waals surface area (Å²) in [5.74, 6) is -2.35. The van der Waals surface area contributed by atoms with Gasteiger partial charge in [0.15, 0.2) is 10.8 Å². The number of oxime groups is 1. The summed E-state index contributed by atoms with van der Waals surface area (Å²) < 4.78 is 15.2. The smallest absolute Gasteiger partial charge is 0.358 e. The molecule has 0 spiro atoms. The van der Waals surface area contributed by atoms with Gasteiger partial charge in [0.2, 0.25) is 6.79 Å². The number of nitrogen functional groups attached to an aromatic ring is 1. The van der Waals surface area contributed by atoms with Crippen LogP contribution in [0, 0.1) is 5.92 Å². The van der Waals surface area contributed by atoms with Crippen LogP contribution in [-0.2, 0) is 33.4 Å². The zero-order valence-corrected chi connectivity index (χ0v) is 20.8. The quantitative estimate of drug-likeness (QED) is 0.0949. The lowest BCUT2D eigenvalue weighted by Crippen LogP contribution is -2.71. The van der Waals surface area contributed by atoms with Gasteiger partial charge in [-0.15, -0.1) is 23.1 Å². The fourth-order valence-electron chi connectivity index (χ4n) is 3.39. The molecule has 1 aromatic rings. The second kappa shape index (κ2) is 11.5. The minimum Gasteiger partial charge on any atom is -0.428 e. The van der Waals surface area contributed by atoms with Crippen molar-refractivity contribution in [3.05, 3.63) is 22.3 Å². The van der Waals surface area contributed by atoms with Crippen LogP contribution in [0.25, 0.3) is 0 Å². The van der Waals surface area contributed by atoms with Crippen LogP contribution < -0.4 is 11.1 Å². The van der Waals surface area contributed by atoms with Gasteiger partial charge in [-0.3, -0.25) is 19.3 Å². The molecule has 1 fully saturated rings. The summed E-state index contributed by atoms with van der Waals surface area (Å²) in [6.07, 6.45) is 0.173. The molecular weight excluding hydrogens is 502 g/mol. The van der Waals surface area contributed by atoms with E-state index in [4.69, 9.17) is 19.9 Å². The maximum Gasteiger partial charge on any atom is 0.358 e. The van der Waals surface area contributed by atoms with Gasteiger partial charge in [-0.2, -0.15) is 0 Å². The summed E-state index contributed by atoms with van der Waals surface area (Å²) in [4.78, 5) is 55.2. The van der Waals surface area contributed by atoms with Crippen LogP contribution in [0.5, 0.6) is 0 Å². The van der Waals surface area contributed by atoms with E-state index in [-0.39, 0.29) is 35.5 Å². The van der Waals surface area contributed by atoms with Gasteiger partial charge in [-0.25, -0.2) is 9.78 Å². The van der Waals surface area contributed by atoms with Crippen molar-refractivity contribution < 1.29 is 38.6 Å². The van der Waals surface area contributed by atoms with Gasteiger partial charge >= 0.3 is 11.9 Å². The number of thioether (sulfide) groups is 1. The third kappa shape index (κ3) is 5.91. The Morgan fingerprint density at radius 3 is 2.71 bits per heavy atom. The standard InChI is InChI=1S/C20H25N5O8S2/c1-9(2)4-12(26)32-8-33-19(29)15-10(5-31-3)6-34-18-14(17(28)25(15)18)23-16(27)13(24-30)11-7-35-20(21)22-11/h7,9,14,18,30H,4-6,8H2,1-3H3,(H2,21,22)(H,23,27)/t14?,18-/m1/s1. The van der Waals surface area contributed by atoms with Gasteiger partial charge in [0.05, 0.1) is 6.61 Å². The maximum absolute atomic E-state index is 12.9. The molecule has 0 aromatic carbocycles. The molecule has 1 saturated heterocycles. The molecule has 3 heterocycles. The number of thiazole rings is 1. The van der Waals surface area contributed by atoms with Crippen LogP contribution in [0.2, 0.25) is 0 Å². The van der Waals surface area contributed by atoms with Gasteiger partial charge in [0, 0.05) is 24.7 Å². The number of nitrogens with two attached hydrogens (primary N) is 1. The van der Waals surface area contributed by atoms with E-state index >= 15 is 0 Å². The molecule has 190 valence electrons. The number of aromatic nitrogens is 1. The number of methoxy groups -OCH3 is 1. The van der Waals surface area contributed by atoms with Crippen LogP contribution in [0.3, 0.4) is 0 Å². The summed E-state index contributed by atoms with van der Waals surface area (Å²) in [5.41, 5.74) is 5.72. The van der Waals surface area contributed by atoms with E-state index in [1.807, 2.05) is 13.8 Å². The Hall–Kier alpha value is -3.17. The number of rotatable bonds is 10. The van der Waals surface area contributed by atoms with Gasteiger partial charge in [-0.1, -0.05) is 19.0 Å². The van der Waals surface area contributed by atoms with Gasteiger partial charge in [0.1, 0.15) is 22.8 Å². The third-order valence-electron chi connectivity index (χ3n) is 4.91. The normalized spacial score (nSPS) is 19.8. The van der Waals surface area contributed by atoms with Gasteiger partial charge in [-0.05, 0) is 11.5 Å². The maximum atomic E-state index is 12.9. The van der Waals surface area contributed by atoms with Crippen molar-refractivity contribution in [3.63, 3.8) is 0 Å². The highest BCUT2D eigenvalue weighted by atomic mass is 32.2. The number of ether oxygens (including phenoxy) is 3. The van der Waals surface area contributed by atoms with E-state index < -0.39 is 47.7 Å². The van der Waals surface area contributed by atoms with Crippen LogP contribution in [0.4, 0.5) is 5.13 Å². The first kappa shape index (κ1) is 26.4. The average molecular weight is 528 g/mol. The summed E-state index contributed by atoms with van der Waals surface area (Å²) in [5, 5.41) is 15.8. The van der Waals surface area contributed by atoms with E-state index in [9.17, 15) is 24.4 Å². The van der Waals surface area contributed by atoms with Crippen molar-refractivity contribution >= 4 is 57.7 Å². The zero-order valence-electron chi connectivity index (χ0n) is 19.2. The summed E-state index contributed by atoms with van der Waals surface area (Å²) >= 11 is 2.37. The topological polar surface area (TPSA) is 183 Å². The van der Waals surface area contributed by atoms with E-state index in [1.54, 1.807) is 0 Å². The minimum absolute atomic E-state index is 0.0191. The number of anilines is 1. The largest absolute Gasteiger partial charge is 0.428 e. The van der Waals surface area contributed by atoms with E-state index in [0.29, 0.717) is 11.3 Å². The molecule has 0 bridgehead atoms. The summed E-state index contributed by atoms with van der Waals surface area (Å²) in [6.45, 7) is 3.18. The Bertz CT molecular complexity index is 1070. The fraction of sp³-hybridized carbons (Fsp3) is 0.500. The number of esters is 2. The molecule has 3 rings (SSSR count). The molecule has 0 saturated carbocycles. The summed E-state index contributed by atoms with van der Waals surface area (Å²) in [7, 11) is 1.45. The molecule has 2 amide bonds. The highest BCUT2D eigenvalue weighted by Gasteiger charge is 2.54. The number of carbonyl (C=O) groups excluding carboxylic acids is 4. The fourth-order valence-corrected chi connectivity index (χ4v) is 5.26. The molecule has 13 nitrogen and oxygen atoms in total. The van der Waals surface area contributed by atoms with Crippen LogP contribution in [0.15, 0.2) is 21.8 Å². The van der Waals surface area contributed by atoms with Crippen molar-refractivity contribution in [1.82, 2.24) is 15.2 Å². The molecule has 2 aliphatic heterocycles. The number of nitrogens with zero attached hydrogens (tertiary/aromatic N) is 3. The van der Waals surface area contributed by atoms with Crippen molar-refractivity contribution in [1.29, 1.82) is 0 Å². The lowest BCUT2D eigenvalue weighted by Gasteiger charge is -2.49. The second-order valence-corrected chi connectivity index (χ2v) is 9.92. The number of β-lactam (4-membered cyclic amide) rings is 1. The number of amides is 2. The number of hydrogen-bond donors (Lipinski definition) is 3. The minimum atomic E-state index is -0.990. The lowest BCUT2D eigenvalue weighted by atomic mass is 10.0. The molecule has 4 N–H and O–H groups in total. The SMILES string of the molecule is COCC1=C(C(=O)OCOC(=O)CC(C)C)N2C(=O)C(NC(=O)C(=NO)c3csc(N)n3)[C@H]2SC1. The molecule has 0 radical (unpaired) electrons. The van der Waals surface area contributed by atoms with E-state index in [1.165, 1.54) is 29.2 Å². The Kier molecular flexibility index (Phi) is 8.69. The lowest BCUT2D eigenvalue weighted by molar-refractivity contribution is -0.168. The predicted octanol–water partition coefficient (Wildman–Crippen LogP) is 0.294. The zero-order chi connectivity index (χ0) is 25.7. The van der Waals surface area contributed by atoms with Crippen molar-refractivity contribution in [2.75, 3.05) is 32.0 Å². The number of carbonyl (C=O) groups is 4. The molecule has 1 aromatic heterocycles. The molecule has 2 atom stereocenters. The molecule has 0 aliphatic carbocycles. The highest BCUT2D eigenvalue weighted by molar-refractivity contribution is 8.00. The third-order valence-corrected chi connectivity index (χ3v) is 6.92. The Balaban J connectivity index is 1.69. The molecular formula is C20H25N5O8S2. The second-order valence-electron chi connectivity index (χ2n) is 7.93. The molecule has 35 heavy (non-hydrogen) atoms. The highest BCUT2D eigenvalue weighted by Crippen LogP contribution is 2.40. The number of nitrogens with one attached hydrogen (secondary N) is 1. The predicted molar refractivity (Wildman–Crippen MR) is 125 cm³/mol. The van der Waals surface area contributed by atoms with Crippen molar-refractivity contribution in [3.8, 4) is 0 Å². The van der Waals surface area contributed by atoms with Gasteiger partial charge in [0.25, 0.3) is 11.8 Å². The Labute approximate surface area is 208 Å². The van der Waals surface area contributed by atoms with Crippen LogP contribution in [0.1, 0.15) is 26.0 Å². The van der Waals surface area contributed by atoms with Crippen molar-refractivity contribution in [2.24, 2.45) is 11.1 Å². The van der Waals surface area contributed by atoms with Crippen LogP contribution >= 0.6 is 23.1 Å².